The van der Waals surface area contributed by atoms with Crippen LogP contribution in [0.15, 0.2) is 53.4 Å². The van der Waals surface area contributed by atoms with Crippen LogP contribution in [0, 0.1) is 0 Å². The molecular formula is C18H19ClN2OS. The Kier molecular flexibility index (Phi) is 5.26. The summed E-state index contributed by atoms with van der Waals surface area (Å²) in [5.74, 6) is 0.110. The molecule has 5 heteroatoms. The molecule has 2 aromatic carbocycles. The van der Waals surface area contributed by atoms with Crippen molar-refractivity contribution in [3.8, 4) is 0 Å². The summed E-state index contributed by atoms with van der Waals surface area (Å²) in [7, 11) is 0. The molecule has 1 N–H and O–H groups in total. The molecule has 0 spiro atoms. The predicted octanol–water partition coefficient (Wildman–Crippen LogP) is 4.13. The number of para-hydroxylation sites is 1. The van der Waals surface area contributed by atoms with Crippen LogP contribution in [0.4, 0.5) is 5.69 Å². The van der Waals surface area contributed by atoms with Gasteiger partial charge < -0.3 is 10.2 Å². The highest BCUT2D eigenvalue weighted by atomic mass is 35.5. The molecule has 0 aromatic heterocycles. The van der Waals surface area contributed by atoms with Crippen LogP contribution in [0.5, 0.6) is 0 Å². The molecule has 1 atom stereocenters. The van der Waals surface area contributed by atoms with Gasteiger partial charge >= 0.3 is 0 Å². The third kappa shape index (κ3) is 3.71. The van der Waals surface area contributed by atoms with Crippen molar-refractivity contribution in [1.29, 1.82) is 0 Å². The van der Waals surface area contributed by atoms with Gasteiger partial charge in [0.05, 0.1) is 17.5 Å². The normalized spacial score (nSPS) is 17.0. The summed E-state index contributed by atoms with van der Waals surface area (Å²) >= 11 is 7.79. The van der Waals surface area contributed by atoms with E-state index in [-0.39, 0.29) is 11.2 Å². The van der Waals surface area contributed by atoms with Crippen LogP contribution in [0.2, 0.25) is 5.02 Å². The van der Waals surface area contributed by atoms with Crippen molar-refractivity contribution in [3.63, 3.8) is 0 Å². The van der Waals surface area contributed by atoms with E-state index in [1.807, 2.05) is 54.3 Å². The highest BCUT2D eigenvalue weighted by Gasteiger charge is 2.29. The Hall–Kier alpha value is -1.49. The van der Waals surface area contributed by atoms with E-state index < -0.39 is 0 Å². The van der Waals surface area contributed by atoms with Gasteiger partial charge in [-0.05, 0) is 36.4 Å². The molecule has 1 aliphatic rings. The van der Waals surface area contributed by atoms with Crippen molar-refractivity contribution in [3.05, 3.63) is 59.1 Å². The topological polar surface area (TPSA) is 32.3 Å². The first kappa shape index (κ1) is 16.4. The number of carbonyl (C=O) groups is 1. The second-order valence-corrected chi connectivity index (χ2v) is 7.09. The number of rotatable bonds is 4. The van der Waals surface area contributed by atoms with Gasteiger partial charge in [0.1, 0.15) is 0 Å². The molecule has 23 heavy (non-hydrogen) atoms. The predicted molar refractivity (Wildman–Crippen MR) is 97.4 cm³/mol. The number of benzene rings is 2. The number of anilines is 1. The van der Waals surface area contributed by atoms with E-state index >= 15 is 0 Å². The van der Waals surface area contributed by atoms with Crippen molar-refractivity contribution in [2.75, 3.05) is 24.5 Å². The lowest BCUT2D eigenvalue weighted by Crippen LogP contribution is -2.42. The van der Waals surface area contributed by atoms with Crippen molar-refractivity contribution >= 4 is 35.0 Å². The summed E-state index contributed by atoms with van der Waals surface area (Å²) < 4.78 is 0. The van der Waals surface area contributed by atoms with Gasteiger partial charge in [-0.3, -0.25) is 4.79 Å². The number of carbonyl (C=O) groups excluding carboxylic acids is 1. The Labute approximate surface area is 146 Å². The van der Waals surface area contributed by atoms with Gasteiger partial charge in [-0.25, -0.2) is 0 Å². The number of likely N-dealkylation sites (N-methyl/N-ethyl adjacent to an activating group) is 1. The number of nitrogens with one attached hydrogen (secondary N) is 1. The maximum absolute atomic E-state index is 12.6. The molecule has 0 fully saturated rings. The Balaban J connectivity index is 1.89. The molecule has 0 bridgehead atoms. The Morgan fingerprint density at radius 1 is 1.26 bits per heavy atom. The molecule has 1 heterocycles. The first-order valence-corrected chi connectivity index (χ1v) is 8.97. The SMILES string of the molecule is CCNCC(=O)N1C[C@H](c2ccc(Cl)cc2)Sc2ccccc21. The highest BCUT2D eigenvalue weighted by molar-refractivity contribution is 7.99. The summed E-state index contributed by atoms with van der Waals surface area (Å²) in [5.41, 5.74) is 2.20. The number of fused-ring (bicyclic) bond motifs is 1. The fraction of sp³-hybridized carbons (Fsp3) is 0.278. The lowest BCUT2D eigenvalue weighted by molar-refractivity contribution is -0.117. The number of halogens is 1. The molecule has 0 saturated carbocycles. The second kappa shape index (κ2) is 7.39. The fourth-order valence-corrected chi connectivity index (χ4v) is 4.05. The van der Waals surface area contributed by atoms with E-state index in [2.05, 4.69) is 11.4 Å². The van der Waals surface area contributed by atoms with Gasteiger partial charge in [0.15, 0.2) is 0 Å². The standard InChI is InChI=1S/C18H19ClN2OS/c1-2-20-11-18(22)21-12-17(13-7-9-14(19)10-8-13)23-16-6-4-3-5-15(16)21/h3-10,17,20H,2,11-12H2,1H3/t17-/m1/s1. The Morgan fingerprint density at radius 3 is 2.74 bits per heavy atom. The summed E-state index contributed by atoms with van der Waals surface area (Å²) in [6.45, 7) is 3.83. The van der Waals surface area contributed by atoms with Gasteiger partial charge in [0, 0.05) is 16.5 Å². The van der Waals surface area contributed by atoms with Gasteiger partial charge in [0.2, 0.25) is 5.91 Å². The smallest absolute Gasteiger partial charge is 0.241 e. The van der Waals surface area contributed by atoms with E-state index in [1.54, 1.807) is 11.8 Å². The molecule has 0 unspecified atom stereocenters. The zero-order chi connectivity index (χ0) is 16.2. The van der Waals surface area contributed by atoms with Gasteiger partial charge in [0.25, 0.3) is 0 Å². The second-order valence-electron chi connectivity index (χ2n) is 5.41. The van der Waals surface area contributed by atoms with E-state index in [1.165, 1.54) is 5.56 Å². The zero-order valence-electron chi connectivity index (χ0n) is 13.0. The van der Waals surface area contributed by atoms with Crippen LogP contribution < -0.4 is 10.2 Å². The molecule has 1 aliphatic heterocycles. The number of nitrogens with zero attached hydrogens (tertiary/aromatic N) is 1. The van der Waals surface area contributed by atoms with Crippen molar-refractivity contribution < 1.29 is 4.79 Å². The average molecular weight is 347 g/mol. The van der Waals surface area contributed by atoms with E-state index in [4.69, 9.17) is 11.6 Å². The number of thioether (sulfide) groups is 1. The van der Waals surface area contributed by atoms with E-state index in [9.17, 15) is 4.79 Å². The average Bonchev–Trinajstić information content (AvgIpc) is 2.59. The zero-order valence-corrected chi connectivity index (χ0v) is 14.5. The lowest BCUT2D eigenvalue weighted by atomic mass is 10.1. The highest BCUT2D eigenvalue weighted by Crippen LogP contribution is 2.45. The molecule has 3 rings (SSSR count). The third-order valence-corrected chi connectivity index (χ3v) is 5.40. The minimum Gasteiger partial charge on any atom is -0.309 e. The first-order chi connectivity index (χ1) is 11.2. The quantitative estimate of drug-likeness (QED) is 0.903. The fourth-order valence-electron chi connectivity index (χ4n) is 2.65. The van der Waals surface area contributed by atoms with Gasteiger partial charge in [-0.15, -0.1) is 11.8 Å². The minimum atomic E-state index is 0.110. The Morgan fingerprint density at radius 2 is 2.00 bits per heavy atom. The Bertz CT molecular complexity index is 690. The van der Waals surface area contributed by atoms with Crippen molar-refractivity contribution in [2.45, 2.75) is 17.1 Å². The first-order valence-electron chi connectivity index (χ1n) is 7.71. The van der Waals surface area contributed by atoms with Crippen LogP contribution in [-0.2, 0) is 4.79 Å². The number of hydrogen-bond acceptors (Lipinski definition) is 3. The van der Waals surface area contributed by atoms with Crippen molar-refractivity contribution in [1.82, 2.24) is 5.32 Å². The molecule has 0 aliphatic carbocycles. The maximum atomic E-state index is 12.6. The van der Waals surface area contributed by atoms with Gasteiger partial charge in [-0.1, -0.05) is 42.8 Å². The largest absolute Gasteiger partial charge is 0.309 e. The van der Waals surface area contributed by atoms with Gasteiger partial charge in [-0.2, -0.15) is 0 Å². The summed E-state index contributed by atoms with van der Waals surface area (Å²) in [6, 6.07) is 16.0. The third-order valence-electron chi connectivity index (χ3n) is 3.84. The molecule has 3 nitrogen and oxygen atoms in total. The molecule has 2 aromatic rings. The van der Waals surface area contributed by atoms with E-state index in [0.29, 0.717) is 13.1 Å². The van der Waals surface area contributed by atoms with Crippen LogP contribution in [-0.4, -0.2) is 25.5 Å². The summed E-state index contributed by atoms with van der Waals surface area (Å²) in [4.78, 5) is 15.6. The molecule has 1 amide bonds. The molecule has 120 valence electrons. The summed E-state index contributed by atoms with van der Waals surface area (Å²) in [6.07, 6.45) is 0. The molecular weight excluding hydrogens is 328 g/mol. The molecule has 0 saturated heterocycles. The summed E-state index contributed by atoms with van der Waals surface area (Å²) in [5, 5.41) is 4.07. The number of hydrogen-bond donors (Lipinski definition) is 1. The van der Waals surface area contributed by atoms with Crippen LogP contribution in [0.3, 0.4) is 0 Å². The van der Waals surface area contributed by atoms with E-state index in [0.717, 1.165) is 22.2 Å². The molecule has 0 radical (unpaired) electrons. The minimum absolute atomic E-state index is 0.110. The monoisotopic (exact) mass is 346 g/mol. The lowest BCUT2D eigenvalue weighted by Gasteiger charge is -2.34. The number of amides is 1. The van der Waals surface area contributed by atoms with Crippen LogP contribution in [0.25, 0.3) is 0 Å². The maximum Gasteiger partial charge on any atom is 0.241 e. The van der Waals surface area contributed by atoms with Crippen molar-refractivity contribution in [2.24, 2.45) is 0 Å². The van der Waals surface area contributed by atoms with Crippen LogP contribution >= 0.6 is 23.4 Å². The van der Waals surface area contributed by atoms with Crippen LogP contribution in [0.1, 0.15) is 17.7 Å².